The molecule has 0 bridgehead atoms. The number of benzene rings is 2. The molecule has 0 saturated heterocycles. The molecule has 1 amide bonds. The summed E-state index contributed by atoms with van der Waals surface area (Å²) < 4.78 is 7.17. The molecular weight excluding hydrogens is 396 g/mol. The first kappa shape index (κ1) is 19.8. The highest BCUT2D eigenvalue weighted by Gasteiger charge is 2.17. The van der Waals surface area contributed by atoms with Crippen LogP contribution in [0.15, 0.2) is 59.6 Å². The summed E-state index contributed by atoms with van der Waals surface area (Å²) in [5, 5.41) is 13.5. The lowest BCUT2D eigenvalue weighted by Crippen LogP contribution is -2.14. The number of amides is 1. The first-order valence-corrected chi connectivity index (χ1v) is 10.5. The second-order valence-corrected chi connectivity index (χ2v) is 7.67. The number of anilines is 1. The largest absolute Gasteiger partial charge is 0.497 e. The molecular formula is C23H20N4O2S. The molecule has 0 saturated carbocycles. The van der Waals surface area contributed by atoms with Crippen molar-refractivity contribution in [2.45, 2.75) is 18.4 Å². The van der Waals surface area contributed by atoms with Crippen LogP contribution in [-0.2, 0) is 11.2 Å². The van der Waals surface area contributed by atoms with Crippen LogP contribution in [0, 0.1) is 11.3 Å². The number of aryl methyl sites for hydroxylation is 1. The predicted molar refractivity (Wildman–Crippen MR) is 119 cm³/mol. The number of carbonyl (C=O) groups excluding carboxylic acids is 1. The van der Waals surface area contributed by atoms with Gasteiger partial charge in [-0.25, -0.2) is 4.98 Å². The molecule has 0 unspecified atom stereocenters. The molecule has 4 aromatic rings. The Bertz CT molecular complexity index is 1290. The second kappa shape index (κ2) is 8.47. The average molecular weight is 417 g/mol. The summed E-state index contributed by atoms with van der Waals surface area (Å²) in [4.78, 5) is 17.2. The van der Waals surface area contributed by atoms with Gasteiger partial charge < -0.3 is 10.1 Å². The van der Waals surface area contributed by atoms with Crippen LogP contribution < -0.4 is 10.1 Å². The summed E-state index contributed by atoms with van der Waals surface area (Å²) in [7, 11) is 1.59. The van der Waals surface area contributed by atoms with Crippen LogP contribution >= 0.6 is 11.8 Å². The molecule has 0 fully saturated rings. The highest BCUT2D eigenvalue weighted by molar-refractivity contribution is 7.99. The monoisotopic (exact) mass is 416 g/mol. The summed E-state index contributed by atoms with van der Waals surface area (Å²) in [5.74, 6) is 0.799. The number of thioether (sulfide) groups is 1. The Hall–Kier alpha value is -3.50. The van der Waals surface area contributed by atoms with Gasteiger partial charge in [-0.3, -0.25) is 9.20 Å². The predicted octanol–water partition coefficient (Wildman–Crippen LogP) is 4.66. The minimum absolute atomic E-state index is 0.117. The number of methoxy groups -OCH3 is 1. The van der Waals surface area contributed by atoms with Gasteiger partial charge in [-0.15, -0.1) is 0 Å². The van der Waals surface area contributed by atoms with Crippen LogP contribution in [0.4, 0.5) is 5.69 Å². The van der Waals surface area contributed by atoms with Gasteiger partial charge in [-0.2, -0.15) is 5.26 Å². The fraction of sp³-hybridized carbons (Fsp3) is 0.174. The lowest BCUT2D eigenvalue weighted by molar-refractivity contribution is -0.113. The third-order valence-corrected chi connectivity index (χ3v) is 5.82. The number of carbonyl (C=O) groups is 1. The first-order chi connectivity index (χ1) is 14.6. The summed E-state index contributed by atoms with van der Waals surface area (Å²) in [6, 6.07) is 19.3. The molecule has 30 heavy (non-hydrogen) atoms. The molecule has 0 aliphatic carbocycles. The van der Waals surface area contributed by atoms with Crippen molar-refractivity contribution in [1.82, 2.24) is 9.38 Å². The molecule has 6 nitrogen and oxygen atoms in total. The molecule has 2 aromatic carbocycles. The molecule has 2 aromatic heterocycles. The number of hydrogen-bond acceptors (Lipinski definition) is 5. The lowest BCUT2D eigenvalue weighted by Gasteiger charge is -2.11. The van der Waals surface area contributed by atoms with E-state index in [1.807, 2.05) is 59.9 Å². The van der Waals surface area contributed by atoms with E-state index in [2.05, 4.69) is 16.4 Å². The summed E-state index contributed by atoms with van der Waals surface area (Å²) >= 11 is 1.43. The Morgan fingerprint density at radius 1 is 1.23 bits per heavy atom. The zero-order valence-corrected chi connectivity index (χ0v) is 17.5. The highest BCUT2D eigenvalue weighted by atomic mass is 32.2. The average Bonchev–Trinajstić information content (AvgIpc) is 3.16. The number of nitrogens with zero attached hydrogens (tertiary/aromatic N) is 3. The zero-order chi connectivity index (χ0) is 21.1. The van der Waals surface area contributed by atoms with E-state index >= 15 is 0 Å². The standard InChI is InChI=1S/C23H20N4O2S/c1-3-15-11-22(30-14-21(28)25-16-7-6-8-17(12-16)29-2)27-20-10-5-4-9-19(20)26-23(27)18(15)13-24/h4-12H,3,14H2,1-2H3,(H,25,28). The van der Waals surface area contributed by atoms with Crippen molar-refractivity contribution >= 4 is 40.0 Å². The Labute approximate surface area is 178 Å². The number of nitrogens with one attached hydrogen (secondary N) is 1. The van der Waals surface area contributed by atoms with Crippen LogP contribution in [0.5, 0.6) is 5.75 Å². The van der Waals surface area contributed by atoms with Gasteiger partial charge in [0, 0.05) is 11.8 Å². The van der Waals surface area contributed by atoms with Gasteiger partial charge >= 0.3 is 0 Å². The van der Waals surface area contributed by atoms with Gasteiger partial charge in [0.1, 0.15) is 11.8 Å². The Morgan fingerprint density at radius 2 is 2.07 bits per heavy atom. The maximum absolute atomic E-state index is 12.6. The van der Waals surface area contributed by atoms with Gasteiger partial charge in [0.15, 0.2) is 5.65 Å². The topological polar surface area (TPSA) is 79.4 Å². The number of hydrogen-bond donors (Lipinski definition) is 1. The van der Waals surface area contributed by atoms with E-state index in [0.717, 1.165) is 21.6 Å². The number of aromatic nitrogens is 2. The number of fused-ring (bicyclic) bond motifs is 3. The summed E-state index contributed by atoms with van der Waals surface area (Å²) in [6.07, 6.45) is 0.714. The lowest BCUT2D eigenvalue weighted by atomic mass is 10.1. The van der Waals surface area contributed by atoms with Crippen LogP contribution in [0.25, 0.3) is 16.7 Å². The molecule has 0 aliphatic heterocycles. The summed E-state index contributed by atoms with van der Waals surface area (Å²) in [6.45, 7) is 2.01. The summed E-state index contributed by atoms with van der Waals surface area (Å²) in [5.41, 5.74) is 4.57. The van der Waals surface area contributed by atoms with Crippen molar-refractivity contribution in [3.8, 4) is 11.8 Å². The van der Waals surface area contributed by atoms with E-state index in [1.165, 1.54) is 11.8 Å². The van der Waals surface area contributed by atoms with Crippen LogP contribution in [0.2, 0.25) is 0 Å². The maximum atomic E-state index is 12.6. The molecule has 2 heterocycles. The van der Waals surface area contributed by atoms with E-state index in [0.29, 0.717) is 29.1 Å². The fourth-order valence-electron chi connectivity index (χ4n) is 3.39. The van der Waals surface area contributed by atoms with E-state index in [4.69, 9.17) is 4.74 Å². The number of imidazole rings is 1. The maximum Gasteiger partial charge on any atom is 0.234 e. The Kier molecular flexibility index (Phi) is 5.59. The molecule has 0 atom stereocenters. The quantitative estimate of drug-likeness (QED) is 0.463. The normalized spacial score (nSPS) is 10.8. The van der Waals surface area contributed by atoms with Crippen molar-refractivity contribution in [2.75, 3.05) is 18.2 Å². The molecule has 150 valence electrons. The minimum atomic E-state index is -0.117. The minimum Gasteiger partial charge on any atom is -0.497 e. The zero-order valence-electron chi connectivity index (χ0n) is 16.7. The van der Waals surface area contributed by atoms with Crippen molar-refractivity contribution < 1.29 is 9.53 Å². The molecule has 0 aliphatic rings. The van der Waals surface area contributed by atoms with Gasteiger partial charge in [0.2, 0.25) is 5.91 Å². The van der Waals surface area contributed by atoms with E-state index in [-0.39, 0.29) is 11.7 Å². The van der Waals surface area contributed by atoms with E-state index in [1.54, 1.807) is 13.2 Å². The molecule has 0 spiro atoms. The second-order valence-electron chi connectivity index (χ2n) is 6.68. The molecule has 7 heteroatoms. The number of nitriles is 1. The molecule has 4 rings (SSSR count). The SMILES string of the molecule is CCc1cc(SCC(=O)Nc2cccc(OC)c2)n2c(nc3ccccc32)c1C#N. The van der Waals surface area contributed by atoms with Crippen molar-refractivity contribution in [1.29, 1.82) is 5.26 Å². The van der Waals surface area contributed by atoms with Crippen LogP contribution in [-0.4, -0.2) is 28.2 Å². The van der Waals surface area contributed by atoms with E-state index in [9.17, 15) is 10.1 Å². The highest BCUT2D eigenvalue weighted by Crippen LogP contribution is 2.30. The molecule has 0 radical (unpaired) electrons. The number of para-hydroxylation sites is 2. The van der Waals surface area contributed by atoms with Crippen molar-refractivity contribution in [3.05, 3.63) is 65.7 Å². The van der Waals surface area contributed by atoms with Gasteiger partial charge in [-0.05, 0) is 42.3 Å². The van der Waals surface area contributed by atoms with Gasteiger partial charge in [0.25, 0.3) is 0 Å². The van der Waals surface area contributed by atoms with Crippen molar-refractivity contribution in [2.24, 2.45) is 0 Å². The number of rotatable bonds is 6. The Morgan fingerprint density at radius 3 is 2.83 bits per heavy atom. The third kappa shape index (κ3) is 3.70. The smallest absolute Gasteiger partial charge is 0.234 e. The molecule has 1 N–H and O–H groups in total. The fourth-order valence-corrected chi connectivity index (χ4v) is 4.28. The van der Waals surface area contributed by atoms with Crippen molar-refractivity contribution in [3.63, 3.8) is 0 Å². The van der Waals surface area contributed by atoms with E-state index < -0.39 is 0 Å². The van der Waals surface area contributed by atoms with Crippen LogP contribution in [0.1, 0.15) is 18.1 Å². The number of ether oxygens (including phenoxy) is 1. The van der Waals surface area contributed by atoms with Crippen LogP contribution in [0.3, 0.4) is 0 Å². The van der Waals surface area contributed by atoms with Gasteiger partial charge in [-0.1, -0.05) is 36.9 Å². The first-order valence-electron chi connectivity index (χ1n) is 9.54. The number of pyridine rings is 1. The third-order valence-electron chi connectivity index (χ3n) is 4.82. The Balaban J connectivity index is 1.66. The van der Waals surface area contributed by atoms with Gasteiger partial charge in [0.05, 0.1) is 34.5 Å².